The van der Waals surface area contributed by atoms with Gasteiger partial charge in [-0.25, -0.2) is 0 Å². The molecule has 14 heavy (non-hydrogen) atoms. The van der Waals surface area contributed by atoms with E-state index in [1.54, 1.807) is 0 Å². The fourth-order valence-electron chi connectivity index (χ4n) is 2.93. The van der Waals surface area contributed by atoms with E-state index in [0.29, 0.717) is 22.7 Å². The average molecular weight is 215 g/mol. The van der Waals surface area contributed by atoms with E-state index in [9.17, 15) is 4.21 Å². The zero-order valence-corrected chi connectivity index (χ0v) is 10.2. The SMILES string of the molecule is CC1CS(=O)C2CCCC(C)(C)C2N1. The molecule has 1 aliphatic heterocycles. The second-order valence-electron chi connectivity index (χ2n) is 5.51. The van der Waals surface area contributed by atoms with Crippen LogP contribution in [0, 0.1) is 5.41 Å². The minimum atomic E-state index is -0.596. The van der Waals surface area contributed by atoms with E-state index < -0.39 is 10.8 Å². The first kappa shape index (κ1) is 10.6. The zero-order chi connectivity index (χ0) is 10.3. The second-order valence-corrected chi connectivity index (χ2v) is 7.21. The van der Waals surface area contributed by atoms with Gasteiger partial charge in [-0.2, -0.15) is 0 Å². The number of rotatable bonds is 0. The lowest BCUT2D eigenvalue weighted by Crippen LogP contribution is -2.61. The summed E-state index contributed by atoms with van der Waals surface area (Å²) in [6.07, 6.45) is 3.67. The molecule has 1 saturated carbocycles. The highest BCUT2D eigenvalue weighted by molar-refractivity contribution is 7.85. The summed E-state index contributed by atoms with van der Waals surface area (Å²) in [6, 6.07) is 0.898. The molecular formula is C11H21NOS. The Morgan fingerprint density at radius 2 is 2.14 bits per heavy atom. The molecule has 2 aliphatic rings. The van der Waals surface area contributed by atoms with E-state index in [4.69, 9.17) is 0 Å². The smallest absolute Gasteiger partial charge is 0.0507 e. The third-order valence-corrected chi connectivity index (χ3v) is 5.75. The third-order valence-electron chi connectivity index (χ3n) is 3.74. The molecule has 0 aromatic carbocycles. The van der Waals surface area contributed by atoms with Crippen molar-refractivity contribution in [3.05, 3.63) is 0 Å². The number of hydrogen-bond acceptors (Lipinski definition) is 2. The van der Waals surface area contributed by atoms with Gasteiger partial charge >= 0.3 is 0 Å². The molecule has 2 rings (SSSR count). The van der Waals surface area contributed by atoms with Crippen molar-refractivity contribution in [2.45, 2.75) is 57.4 Å². The first-order valence-corrected chi connectivity index (χ1v) is 7.02. The second kappa shape index (κ2) is 3.60. The van der Waals surface area contributed by atoms with E-state index in [1.165, 1.54) is 12.8 Å². The quantitative estimate of drug-likeness (QED) is 0.666. The van der Waals surface area contributed by atoms with Crippen LogP contribution in [0.15, 0.2) is 0 Å². The molecule has 0 aromatic heterocycles. The molecule has 2 fully saturated rings. The van der Waals surface area contributed by atoms with Crippen molar-refractivity contribution in [1.82, 2.24) is 5.32 Å². The Bertz CT molecular complexity index is 252. The largest absolute Gasteiger partial charge is 0.309 e. The number of nitrogens with one attached hydrogen (secondary N) is 1. The van der Waals surface area contributed by atoms with Crippen LogP contribution in [0.5, 0.6) is 0 Å². The summed E-state index contributed by atoms with van der Waals surface area (Å²) in [6.45, 7) is 6.77. The first-order chi connectivity index (χ1) is 6.50. The Hall–Kier alpha value is 0.110. The van der Waals surface area contributed by atoms with Crippen LogP contribution in [-0.4, -0.2) is 27.3 Å². The minimum Gasteiger partial charge on any atom is -0.309 e. The summed E-state index contributed by atoms with van der Waals surface area (Å²) in [5.74, 6) is 0.844. The topological polar surface area (TPSA) is 29.1 Å². The maximum atomic E-state index is 12.0. The van der Waals surface area contributed by atoms with Crippen LogP contribution in [0.4, 0.5) is 0 Å². The van der Waals surface area contributed by atoms with Crippen molar-refractivity contribution in [3.63, 3.8) is 0 Å². The lowest BCUT2D eigenvalue weighted by Gasteiger charge is -2.48. The standard InChI is InChI=1S/C11H21NOS/c1-8-7-14(13)9-5-4-6-11(2,3)10(9)12-8/h8-10,12H,4-7H2,1-3H3. The molecule has 4 atom stereocenters. The van der Waals surface area contributed by atoms with Gasteiger partial charge in [0.1, 0.15) is 0 Å². The molecule has 1 saturated heterocycles. The first-order valence-electron chi connectivity index (χ1n) is 5.64. The van der Waals surface area contributed by atoms with E-state index in [0.717, 1.165) is 12.2 Å². The monoisotopic (exact) mass is 215 g/mol. The highest BCUT2D eigenvalue weighted by atomic mass is 32.2. The van der Waals surface area contributed by atoms with E-state index in [2.05, 4.69) is 26.1 Å². The Labute approximate surface area is 89.3 Å². The molecule has 82 valence electrons. The number of hydrogen-bond donors (Lipinski definition) is 1. The summed E-state index contributed by atoms with van der Waals surface area (Å²) in [4.78, 5) is 0. The molecule has 2 nitrogen and oxygen atoms in total. The van der Waals surface area contributed by atoms with Crippen LogP contribution in [0.25, 0.3) is 0 Å². The van der Waals surface area contributed by atoms with Crippen LogP contribution in [0.1, 0.15) is 40.0 Å². The van der Waals surface area contributed by atoms with Crippen molar-refractivity contribution in [3.8, 4) is 0 Å². The van der Waals surface area contributed by atoms with Gasteiger partial charge < -0.3 is 5.32 Å². The van der Waals surface area contributed by atoms with Gasteiger partial charge in [-0.1, -0.05) is 20.3 Å². The molecule has 0 spiro atoms. The molecule has 0 aromatic rings. The van der Waals surface area contributed by atoms with E-state index in [-0.39, 0.29) is 0 Å². The molecule has 3 heteroatoms. The normalized spacial score (nSPS) is 47.1. The molecule has 0 amide bonds. The highest BCUT2D eigenvalue weighted by Crippen LogP contribution is 2.39. The van der Waals surface area contributed by atoms with Crippen LogP contribution >= 0.6 is 0 Å². The molecule has 4 unspecified atom stereocenters. The molecule has 1 N–H and O–H groups in total. The maximum absolute atomic E-state index is 12.0. The lowest BCUT2D eigenvalue weighted by atomic mass is 9.72. The number of fused-ring (bicyclic) bond motifs is 1. The zero-order valence-electron chi connectivity index (χ0n) is 9.38. The average Bonchev–Trinajstić information content (AvgIpc) is 2.06. The van der Waals surface area contributed by atoms with Crippen LogP contribution in [0.2, 0.25) is 0 Å². The molecule has 0 radical (unpaired) electrons. The fraction of sp³-hybridized carbons (Fsp3) is 1.00. The van der Waals surface area contributed by atoms with Gasteiger partial charge in [0.15, 0.2) is 0 Å². The summed E-state index contributed by atoms with van der Waals surface area (Å²) >= 11 is 0. The van der Waals surface area contributed by atoms with Gasteiger partial charge in [-0.05, 0) is 25.2 Å². The Kier molecular flexibility index (Phi) is 2.73. The predicted molar refractivity (Wildman–Crippen MR) is 60.8 cm³/mol. The predicted octanol–water partition coefficient (Wildman–Crippen LogP) is 1.67. The molecule has 1 aliphatic carbocycles. The van der Waals surface area contributed by atoms with Crippen LogP contribution in [-0.2, 0) is 10.8 Å². The fourth-order valence-corrected chi connectivity index (χ4v) is 4.94. The van der Waals surface area contributed by atoms with E-state index in [1.807, 2.05) is 0 Å². The van der Waals surface area contributed by atoms with Gasteiger partial charge in [0.05, 0.1) is 5.25 Å². The minimum absolute atomic E-state index is 0.327. The van der Waals surface area contributed by atoms with Gasteiger partial charge in [-0.3, -0.25) is 4.21 Å². The van der Waals surface area contributed by atoms with Crippen molar-refractivity contribution in [2.24, 2.45) is 5.41 Å². The van der Waals surface area contributed by atoms with Crippen molar-refractivity contribution < 1.29 is 4.21 Å². The maximum Gasteiger partial charge on any atom is 0.0507 e. The van der Waals surface area contributed by atoms with Gasteiger partial charge in [0, 0.05) is 28.6 Å². The van der Waals surface area contributed by atoms with Gasteiger partial charge in [-0.15, -0.1) is 0 Å². The van der Waals surface area contributed by atoms with Crippen LogP contribution < -0.4 is 5.32 Å². The van der Waals surface area contributed by atoms with E-state index >= 15 is 0 Å². The Morgan fingerprint density at radius 1 is 1.43 bits per heavy atom. The highest BCUT2D eigenvalue weighted by Gasteiger charge is 2.44. The van der Waals surface area contributed by atoms with Gasteiger partial charge in [0.2, 0.25) is 0 Å². The summed E-state index contributed by atoms with van der Waals surface area (Å²) in [5.41, 5.74) is 0.327. The van der Waals surface area contributed by atoms with Gasteiger partial charge in [0.25, 0.3) is 0 Å². The van der Waals surface area contributed by atoms with Crippen molar-refractivity contribution in [2.75, 3.05) is 5.75 Å². The lowest BCUT2D eigenvalue weighted by molar-refractivity contribution is 0.158. The Balaban J connectivity index is 2.21. The molecule has 1 heterocycles. The Morgan fingerprint density at radius 3 is 2.86 bits per heavy atom. The molecular weight excluding hydrogens is 194 g/mol. The summed E-state index contributed by atoms with van der Waals surface area (Å²) in [7, 11) is -0.596. The third kappa shape index (κ3) is 1.76. The van der Waals surface area contributed by atoms with Crippen LogP contribution in [0.3, 0.4) is 0 Å². The summed E-state index contributed by atoms with van der Waals surface area (Å²) < 4.78 is 12.0. The molecule has 0 bridgehead atoms. The van der Waals surface area contributed by atoms with Crippen molar-refractivity contribution in [1.29, 1.82) is 0 Å². The van der Waals surface area contributed by atoms with Crippen molar-refractivity contribution >= 4 is 10.8 Å². The summed E-state index contributed by atoms with van der Waals surface area (Å²) in [5, 5.41) is 4.06.